The van der Waals surface area contributed by atoms with Gasteiger partial charge < -0.3 is 9.30 Å². The number of ether oxygens (including phenoxy) is 1. The predicted molar refractivity (Wildman–Crippen MR) is 56.8 cm³/mol. The van der Waals surface area contributed by atoms with E-state index in [9.17, 15) is 4.79 Å². The highest BCUT2D eigenvalue weighted by molar-refractivity contribution is 5.04. The number of rotatable bonds is 3. The van der Waals surface area contributed by atoms with Crippen LogP contribution in [0, 0.1) is 5.92 Å². The van der Waals surface area contributed by atoms with Gasteiger partial charge in [-0.15, -0.1) is 0 Å². The number of aromatic nitrogens is 2. The Morgan fingerprint density at radius 2 is 2.27 bits per heavy atom. The minimum atomic E-state index is -0.177. The third-order valence-corrected chi connectivity index (χ3v) is 2.55. The summed E-state index contributed by atoms with van der Waals surface area (Å²) in [4.78, 5) is 15.5. The zero-order chi connectivity index (χ0) is 10.7. The minimum Gasteiger partial charge on any atom is -0.473 e. The Kier molecular flexibility index (Phi) is 2.85. The third-order valence-electron chi connectivity index (χ3n) is 2.55. The van der Waals surface area contributed by atoms with E-state index in [1.165, 1.54) is 4.57 Å². The lowest BCUT2D eigenvalue weighted by molar-refractivity contribution is 0.242. The van der Waals surface area contributed by atoms with Crippen LogP contribution in [0.3, 0.4) is 0 Å². The van der Waals surface area contributed by atoms with Crippen molar-refractivity contribution in [2.75, 3.05) is 6.61 Å². The molecule has 2 rings (SSSR count). The molecule has 4 heteroatoms. The fraction of sp³-hybridized carbons (Fsp3) is 0.455. The third kappa shape index (κ3) is 2.26. The highest BCUT2D eigenvalue weighted by atomic mass is 16.5. The van der Waals surface area contributed by atoms with Gasteiger partial charge in [0, 0.05) is 19.4 Å². The quantitative estimate of drug-likeness (QED) is 0.696. The lowest BCUT2D eigenvalue weighted by Gasteiger charge is -2.10. The predicted octanol–water partition coefficient (Wildman–Crippen LogP) is 1.13. The van der Waals surface area contributed by atoms with Crippen molar-refractivity contribution in [3.8, 4) is 5.88 Å². The average molecular weight is 206 g/mol. The first-order valence-electron chi connectivity index (χ1n) is 5.07. The summed E-state index contributed by atoms with van der Waals surface area (Å²) < 4.78 is 6.88. The fourth-order valence-electron chi connectivity index (χ4n) is 1.58. The van der Waals surface area contributed by atoms with E-state index in [0.717, 1.165) is 12.8 Å². The summed E-state index contributed by atoms with van der Waals surface area (Å²) in [7, 11) is 1.69. The van der Waals surface area contributed by atoms with Crippen molar-refractivity contribution in [2.24, 2.45) is 13.0 Å². The van der Waals surface area contributed by atoms with E-state index < -0.39 is 0 Å². The molecule has 15 heavy (non-hydrogen) atoms. The first-order chi connectivity index (χ1) is 7.27. The van der Waals surface area contributed by atoms with Gasteiger partial charge in [0.2, 0.25) is 0 Å². The molecule has 0 unspecified atom stereocenters. The lowest BCUT2D eigenvalue weighted by Crippen LogP contribution is -2.21. The second kappa shape index (κ2) is 4.29. The molecule has 1 aliphatic rings. The fourth-order valence-corrected chi connectivity index (χ4v) is 1.58. The van der Waals surface area contributed by atoms with Crippen LogP contribution in [0.2, 0.25) is 0 Å². The second-order valence-corrected chi connectivity index (χ2v) is 3.77. The molecule has 0 saturated heterocycles. The molecule has 1 aliphatic carbocycles. The Morgan fingerprint density at radius 3 is 3.00 bits per heavy atom. The number of nitrogens with zero attached hydrogens (tertiary/aromatic N) is 2. The van der Waals surface area contributed by atoms with Gasteiger partial charge >= 0.3 is 5.56 Å². The van der Waals surface area contributed by atoms with Crippen molar-refractivity contribution < 1.29 is 4.74 Å². The van der Waals surface area contributed by atoms with Crippen molar-refractivity contribution in [3.63, 3.8) is 0 Å². The van der Waals surface area contributed by atoms with Crippen LogP contribution in [0.1, 0.15) is 12.8 Å². The van der Waals surface area contributed by atoms with Crippen LogP contribution in [0.15, 0.2) is 29.3 Å². The molecule has 0 N–H and O–H groups in total. The van der Waals surface area contributed by atoms with Crippen LogP contribution < -0.4 is 10.3 Å². The normalized spacial score (nSPS) is 15.8. The molecule has 4 nitrogen and oxygen atoms in total. The Labute approximate surface area is 88.2 Å². The molecule has 0 spiro atoms. The van der Waals surface area contributed by atoms with E-state index in [2.05, 4.69) is 17.1 Å². The Balaban J connectivity index is 1.99. The van der Waals surface area contributed by atoms with Gasteiger partial charge in [-0.1, -0.05) is 12.2 Å². The van der Waals surface area contributed by atoms with Crippen LogP contribution in [0.5, 0.6) is 5.88 Å². The molecular formula is C11H14N2O2. The van der Waals surface area contributed by atoms with Crippen LogP contribution in [-0.2, 0) is 7.05 Å². The van der Waals surface area contributed by atoms with Gasteiger partial charge in [0.25, 0.3) is 5.88 Å². The van der Waals surface area contributed by atoms with Gasteiger partial charge in [-0.2, -0.15) is 0 Å². The van der Waals surface area contributed by atoms with Gasteiger partial charge in [-0.3, -0.25) is 4.79 Å². The minimum absolute atomic E-state index is 0.177. The first-order valence-corrected chi connectivity index (χ1v) is 5.07. The number of hydrogen-bond donors (Lipinski definition) is 0. The maximum atomic E-state index is 11.5. The van der Waals surface area contributed by atoms with Gasteiger partial charge in [-0.05, 0) is 18.8 Å². The van der Waals surface area contributed by atoms with Crippen molar-refractivity contribution >= 4 is 0 Å². The van der Waals surface area contributed by atoms with E-state index in [-0.39, 0.29) is 11.4 Å². The zero-order valence-electron chi connectivity index (χ0n) is 8.72. The number of hydrogen-bond acceptors (Lipinski definition) is 3. The van der Waals surface area contributed by atoms with Gasteiger partial charge in [0.1, 0.15) is 0 Å². The van der Waals surface area contributed by atoms with Crippen LogP contribution in [0.25, 0.3) is 0 Å². The monoisotopic (exact) mass is 206 g/mol. The Bertz CT molecular complexity index is 415. The molecule has 1 aromatic rings. The standard InChI is InChI=1S/C11H14N2O2/c1-13-7-6-12-10(11(13)14)15-8-9-4-2-3-5-9/h2-3,6-7,9H,4-5,8H2,1H3. The first kappa shape index (κ1) is 9.96. The van der Waals surface area contributed by atoms with Crippen molar-refractivity contribution in [2.45, 2.75) is 12.8 Å². The van der Waals surface area contributed by atoms with E-state index in [1.54, 1.807) is 19.4 Å². The molecule has 0 saturated carbocycles. The Morgan fingerprint density at radius 1 is 1.53 bits per heavy atom. The van der Waals surface area contributed by atoms with Gasteiger partial charge in [0.05, 0.1) is 6.61 Å². The zero-order valence-corrected chi connectivity index (χ0v) is 8.72. The number of aryl methyl sites for hydroxylation is 1. The van der Waals surface area contributed by atoms with Crippen LogP contribution in [-0.4, -0.2) is 16.2 Å². The van der Waals surface area contributed by atoms with Crippen molar-refractivity contribution in [1.82, 2.24) is 9.55 Å². The summed E-state index contributed by atoms with van der Waals surface area (Å²) in [5.74, 6) is 0.698. The van der Waals surface area contributed by atoms with E-state index >= 15 is 0 Å². The summed E-state index contributed by atoms with van der Waals surface area (Å²) in [6.07, 6.45) is 9.55. The molecule has 0 aromatic carbocycles. The molecule has 0 atom stereocenters. The maximum absolute atomic E-state index is 11.5. The van der Waals surface area contributed by atoms with Crippen molar-refractivity contribution in [1.29, 1.82) is 0 Å². The molecule has 0 radical (unpaired) electrons. The summed E-state index contributed by atoms with van der Waals surface area (Å²) in [6, 6.07) is 0. The van der Waals surface area contributed by atoms with Gasteiger partial charge in [-0.25, -0.2) is 4.98 Å². The summed E-state index contributed by atoms with van der Waals surface area (Å²) in [5, 5.41) is 0. The maximum Gasteiger partial charge on any atom is 0.313 e. The molecular weight excluding hydrogens is 192 g/mol. The molecule has 80 valence electrons. The SMILES string of the molecule is Cn1ccnc(OCC2CC=CC2)c1=O. The van der Waals surface area contributed by atoms with E-state index in [0.29, 0.717) is 12.5 Å². The lowest BCUT2D eigenvalue weighted by atomic mass is 10.1. The summed E-state index contributed by atoms with van der Waals surface area (Å²) in [6.45, 7) is 0.569. The molecule has 1 aromatic heterocycles. The summed E-state index contributed by atoms with van der Waals surface area (Å²) in [5.41, 5.74) is -0.177. The van der Waals surface area contributed by atoms with Gasteiger partial charge in [0.15, 0.2) is 0 Å². The van der Waals surface area contributed by atoms with Crippen LogP contribution in [0.4, 0.5) is 0 Å². The molecule has 0 aliphatic heterocycles. The molecule has 1 heterocycles. The smallest absolute Gasteiger partial charge is 0.313 e. The highest BCUT2D eigenvalue weighted by Gasteiger charge is 2.12. The van der Waals surface area contributed by atoms with Crippen LogP contribution >= 0.6 is 0 Å². The highest BCUT2D eigenvalue weighted by Crippen LogP contribution is 2.17. The molecule has 0 bridgehead atoms. The molecule has 0 amide bonds. The van der Waals surface area contributed by atoms with Crippen molar-refractivity contribution in [3.05, 3.63) is 34.9 Å². The average Bonchev–Trinajstić information content (AvgIpc) is 2.73. The van der Waals surface area contributed by atoms with E-state index in [4.69, 9.17) is 4.74 Å². The Hall–Kier alpha value is -1.58. The molecule has 0 fully saturated rings. The summed E-state index contributed by atoms with van der Waals surface area (Å²) >= 11 is 0. The second-order valence-electron chi connectivity index (χ2n) is 3.77. The van der Waals surface area contributed by atoms with E-state index in [1.807, 2.05) is 0 Å². The number of allylic oxidation sites excluding steroid dienone is 2. The topological polar surface area (TPSA) is 44.1 Å². The largest absolute Gasteiger partial charge is 0.473 e.